The maximum atomic E-state index is 12.2. The van der Waals surface area contributed by atoms with Crippen LogP contribution in [0, 0.1) is 6.92 Å². The van der Waals surface area contributed by atoms with E-state index in [1.165, 1.54) is 0 Å². The Balaban J connectivity index is 2.06. The molecule has 2 aromatic rings. The van der Waals surface area contributed by atoms with Crippen molar-refractivity contribution in [3.05, 3.63) is 65.7 Å². The van der Waals surface area contributed by atoms with Crippen LogP contribution in [0.4, 0.5) is 0 Å². The first-order valence-electron chi connectivity index (χ1n) is 6.00. The van der Waals surface area contributed by atoms with E-state index < -0.39 is 8.03 Å². The van der Waals surface area contributed by atoms with Gasteiger partial charge in [-0.05, 0) is 31.5 Å². The quantitative estimate of drug-likeness (QED) is 0.750. The SMILES string of the molecule is Cc1ccc(O[PH](=O)C(C)c2ccccc2)cc1. The molecule has 0 bridgehead atoms. The van der Waals surface area contributed by atoms with Crippen molar-refractivity contribution in [1.82, 2.24) is 0 Å². The van der Waals surface area contributed by atoms with E-state index in [1.54, 1.807) is 0 Å². The van der Waals surface area contributed by atoms with Gasteiger partial charge in [0.25, 0.3) is 0 Å². The van der Waals surface area contributed by atoms with E-state index in [2.05, 4.69) is 0 Å². The number of rotatable bonds is 4. The molecule has 2 nitrogen and oxygen atoms in total. The Morgan fingerprint density at radius 3 is 2.22 bits per heavy atom. The van der Waals surface area contributed by atoms with Gasteiger partial charge in [0, 0.05) is 0 Å². The molecular weight excluding hydrogens is 243 g/mol. The fourth-order valence-electron chi connectivity index (χ4n) is 1.69. The van der Waals surface area contributed by atoms with Crippen molar-refractivity contribution in [1.29, 1.82) is 0 Å². The van der Waals surface area contributed by atoms with Gasteiger partial charge in [-0.1, -0.05) is 48.0 Å². The lowest BCUT2D eigenvalue weighted by atomic mass is 10.2. The van der Waals surface area contributed by atoms with Crippen molar-refractivity contribution in [3.63, 3.8) is 0 Å². The van der Waals surface area contributed by atoms with E-state index in [0.29, 0.717) is 5.75 Å². The smallest absolute Gasteiger partial charge is 0.243 e. The van der Waals surface area contributed by atoms with E-state index in [-0.39, 0.29) is 5.66 Å². The predicted molar refractivity (Wildman–Crippen MR) is 75.7 cm³/mol. The van der Waals surface area contributed by atoms with Crippen LogP contribution in [0.25, 0.3) is 0 Å². The molecule has 0 aliphatic rings. The molecule has 0 heterocycles. The average Bonchev–Trinajstić information content (AvgIpc) is 2.41. The molecule has 0 aliphatic heterocycles. The van der Waals surface area contributed by atoms with Crippen LogP contribution in [0.2, 0.25) is 0 Å². The summed E-state index contributed by atoms with van der Waals surface area (Å²) in [5, 5.41) is 0. The molecule has 0 spiro atoms. The second kappa shape index (κ2) is 5.88. The zero-order valence-electron chi connectivity index (χ0n) is 10.6. The highest BCUT2D eigenvalue weighted by molar-refractivity contribution is 7.40. The van der Waals surface area contributed by atoms with E-state index in [4.69, 9.17) is 4.52 Å². The molecule has 2 aromatic carbocycles. The summed E-state index contributed by atoms with van der Waals surface area (Å²) in [6, 6.07) is 17.4. The van der Waals surface area contributed by atoms with Gasteiger partial charge in [-0.2, -0.15) is 0 Å². The lowest BCUT2D eigenvalue weighted by Crippen LogP contribution is -1.92. The van der Waals surface area contributed by atoms with Gasteiger partial charge in [-0.25, -0.2) is 0 Å². The summed E-state index contributed by atoms with van der Waals surface area (Å²) in [7, 11) is -2.13. The highest BCUT2D eigenvalue weighted by Crippen LogP contribution is 2.41. The van der Waals surface area contributed by atoms with Gasteiger partial charge in [0.2, 0.25) is 8.03 Å². The van der Waals surface area contributed by atoms with E-state index >= 15 is 0 Å². The van der Waals surface area contributed by atoms with Gasteiger partial charge in [-0.15, -0.1) is 0 Å². The average molecular weight is 260 g/mol. The highest BCUT2D eigenvalue weighted by atomic mass is 31.1. The first-order chi connectivity index (χ1) is 8.66. The van der Waals surface area contributed by atoms with Gasteiger partial charge in [0.05, 0.1) is 5.66 Å². The molecule has 0 saturated heterocycles. The molecule has 0 fully saturated rings. The van der Waals surface area contributed by atoms with E-state index in [0.717, 1.165) is 11.1 Å². The van der Waals surface area contributed by atoms with Gasteiger partial charge in [0.1, 0.15) is 5.75 Å². The Morgan fingerprint density at radius 1 is 1.00 bits per heavy atom. The first kappa shape index (κ1) is 12.9. The van der Waals surface area contributed by atoms with Crippen LogP contribution >= 0.6 is 8.03 Å². The summed E-state index contributed by atoms with van der Waals surface area (Å²) in [5.41, 5.74) is 2.14. The molecule has 94 valence electrons. The standard InChI is InChI=1S/C15H17O2P/c1-12-8-10-15(11-9-12)17-18(16)13(2)14-6-4-3-5-7-14/h3-11,13,18H,1-2H3. The molecule has 2 rings (SSSR count). The Hall–Kier alpha value is -1.53. The third-order valence-corrected chi connectivity index (χ3v) is 4.37. The molecule has 0 saturated carbocycles. The molecule has 0 aromatic heterocycles. The van der Waals surface area contributed by atoms with E-state index in [9.17, 15) is 4.57 Å². The molecular formula is C15H17O2P. The highest BCUT2D eigenvalue weighted by Gasteiger charge is 2.14. The van der Waals surface area contributed by atoms with Crippen LogP contribution in [0.5, 0.6) is 5.75 Å². The topological polar surface area (TPSA) is 26.3 Å². The van der Waals surface area contributed by atoms with Crippen molar-refractivity contribution in [2.24, 2.45) is 0 Å². The Bertz CT molecular complexity index is 520. The summed E-state index contributed by atoms with van der Waals surface area (Å²) < 4.78 is 17.7. The summed E-state index contributed by atoms with van der Waals surface area (Å²) >= 11 is 0. The molecule has 0 radical (unpaired) electrons. The number of benzene rings is 2. The van der Waals surface area contributed by atoms with Crippen molar-refractivity contribution >= 4 is 8.03 Å². The normalized spacial score (nSPS) is 13.9. The largest absolute Gasteiger partial charge is 0.444 e. The van der Waals surface area contributed by atoms with Crippen LogP contribution in [0.15, 0.2) is 54.6 Å². The summed E-state index contributed by atoms with van der Waals surface area (Å²) in [6.45, 7) is 3.95. The Labute approximate surface area is 108 Å². The second-order valence-electron chi connectivity index (χ2n) is 4.37. The van der Waals surface area contributed by atoms with Crippen molar-refractivity contribution in [3.8, 4) is 5.75 Å². The summed E-state index contributed by atoms with van der Waals surface area (Å²) in [5.74, 6) is 0.673. The van der Waals surface area contributed by atoms with Crippen molar-refractivity contribution in [2.75, 3.05) is 0 Å². The minimum absolute atomic E-state index is 0.0718. The fourth-order valence-corrected chi connectivity index (χ4v) is 2.70. The van der Waals surface area contributed by atoms with Crippen LogP contribution in [0.3, 0.4) is 0 Å². The first-order valence-corrected chi connectivity index (χ1v) is 7.39. The third kappa shape index (κ3) is 3.24. The minimum atomic E-state index is -2.13. The molecule has 18 heavy (non-hydrogen) atoms. The zero-order valence-corrected chi connectivity index (χ0v) is 11.6. The lowest BCUT2D eigenvalue weighted by Gasteiger charge is -2.13. The van der Waals surface area contributed by atoms with E-state index in [1.807, 2.05) is 68.4 Å². The van der Waals surface area contributed by atoms with Crippen LogP contribution in [-0.4, -0.2) is 0 Å². The zero-order chi connectivity index (χ0) is 13.0. The number of aryl methyl sites for hydroxylation is 1. The van der Waals surface area contributed by atoms with Crippen molar-refractivity contribution in [2.45, 2.75) is 19.5 Å². The van der Waals surface area contributed by atoms with Crippen LogP contribution in [-0.2, 0) is 4.57 Å². The molecule has 0 aliphatic carbocycles. The van der Waals surface area contributed by atoms with Crippen molar-refractivity contribution < 1.29 is 9.09 Å². The summed E-state index contributed by atoms with van der Waals surface area (Å²) in [4.78, 5) is 0. The maximum Gasteiger partial charge on any atom is 0.243 e. The molecule has 0 N–H and O–H groups in total. The predicted octanol–water partition coefficient (Wildman–Crippen LogP) is 4.61. The minimum Gasteiger partial charge on any atom is -0.444 e. The molecule has 3 heteroatoms. The lowest BCUT2D eigenvalue weighted by molar-refractivity contribution is 0.495. The Morgan fingerprint density at radius 2 is 1.61 bits per heavy atom. The third-order valence-electron chi connectivity index (χ3n) is 2.89. The molecule has 2 atom stereocenters. The van der Waals surface area contributed by atoms with Crippen LogP contribution < -0.4 is 4.52 Å². The van der Waals surface area contributed by atoms with Gasteiger partial charge in [-0.3, -0.25) is 4.57 Å². The number of hydrogen-bond donors (Lipinski definition) is 0. The Kier molecular flexibility index (Phi) is 4.22. The second-order valence-corrected chi connectivity index (χ2v) is 6.07. The fraction of sp³-hybridized carbons (Fsp3) is 0.200. The summed E-state index contributed by atoms with van der Waals surface area (Å²) in [6.07, 6.45) is 0. The van der Waals surface area contributed by atoms with Crippen LogP contribution in [0.1, 0.15) is 23.7 Å². The molecule has 2 unspecified atom stereocenters. The van der Waals surface area contributed by atoms with Gasteiger partial charge < -0.3 is 4.52 Å². The van der Waals surface area contributed by atoms with Gasteiger partial charge in [0.15, 0.2) is 0 Å². The molecule has 0 amide bonds. The maximum absolute atomic E-state index is 12.2. The monoisotopic (exact) mass is 260 g/mol. The number of hydrogen-bond acceptors (Lipinski definition) is 2. The van der Waals surface area contributed by atoms with Gasteiger partial charge >= 0.3 is 0 Å².